The second-order valence-electron chi connectivity index (χ2n) is 7.87. The molecule has 1 N–H and O–H groups in total. The molecule has 0 bridgehead atoms. The zero-order chi connectivity index (χ0) is 22.8. The van der Waals surface area contributed by atoms with E-state index in [-0.39, 0.29) is 29.9 Å². The van der Waals surface area contributed by atoms with Gasteiger partial charge in [0.25, 0.3) is 0 Å². The molecule has 0 radical (unpaired) electrons. The van der Waals surface area contributed by atoms with E-state index in [1.54, 1.807) is 35.2 Å². The summed E-state index contributed by atoms with van der Waals surface area (Å²) in [5.74, 6) is 0.292. The van der Waals surface area contributed by atoms with Crippen LogP contribution in [-0.2, 0) is 19.4 Å². The lowest BCUT2D eigenvalue weighted by Gasteiger charge is -2.32. The van der Waals surface area contributed by atoms with Gasteiger partial charge in [-0.1, -0.05) is 36.4 Å². The number of ether oxygens (including phenoxy) is 1. The number of likely N-dealkylation sites (tertiary alicyclic amines) is 1. The average Bonchev–Trinajstić information content (AvgIpc) is 2.83. The van der Waals surface area contributed by atoms with Crippen LogP contribution in [0.4, 0.5) is 0 Å². The van der Waals surface area contributed by atoms with Gasteiger partial charge in [0.2, 0.25) is 11.8 Å². The lowest BCUT2D eigenvalue weighted by molar-refractivity contribution is -0.136. The molecule has 2 amide bonds. The van der Waals surface area contributed by atoms with Crippen molar-refractivity contribution in [2.75, 3.05) is 32.0 Å². The second kappa shape index (κ2) is 11.7. The number of nitrogens with one attached hydrogen (secondary N) is 1. The molecule has 1 fully saturated rings. The predicted molar refractivity (Wildman–Crippen MR) is 122 cm³/mol. The summed E-state index contributed by atoms with van der Waals surface area (Å²) in [6.45, 7) is 1.62. The summed E-state index contributed by atoms with van der Waals surface area (Å²) in [5, 5.41) is 2.83. The summed E-state index contributed by atoms with van der Waals surface area (Å²) < 4.78 is 30.2. The molecule has 1 atom stereocenters. The standard InChI is InChI=1S/C24H30N2O5S/c27-23(14-17-31-21-10-3-1-4-11-21)26-16-7-9-20(19-26)24(28)25-15-8-18-32(29,30)22-12-5-2-6-13-22/h1-6,10-13,20H,7-9,14-19H2,(H,25,28). The van der Waals surface area contributed by atoms with Crippen molar-refractivity contribution in [1.82, 2.24) is 10.2 Å². The molecule has 7 nitrogen and oxygen atoms in total. The molecule has 3 rings (SSSR count). The number of para-hydroxylation sites is 1. The van der Waals surface area contributed by atoms with E-state index < -0.39 is 9.84 Å². The van der Waals surface area contributed by atoms with Gasteiger partial charge in [-0.25, -0.2) is 8.42 Å². The Kier molecular flexibility index (Phi) is 8.67. The Balaban J connectivity index is 1.37. The third-order valence-corrected chi connectivity index (χ3v) is 7.28. The Bertz CT molecular complexity index is 980. The van der Waals surface area contributed by atoms with E-state index in [2.05, 4.69) is 5.32 Å². The van der Waals surface area contributed by atoms with Crippen molar-refractivity contribution < 1.29 is 22.7 Å². The van der Waals surface area contributed by atoms with Gasteiger partial charge in [-0.05, 0) is 43.5 Å². The Morgan fingerprint density at radius 3 is 2.44 bits per heavy atom. The van der Waals surface area contributed by atoms with Gasteiger partial charge in [-0.15, -0.1) is 0 Å². The number of piperidine rings is 1. The van der Waals surface area contributed by atoms with Gasteiger partial charge in [0, 0.05) is 19.6 Å². The summed E-state index contributed by atoms with van der Waals surface area (Å²) in [7, 11) is -3.35. The lowest BCUT2D eigenvalue weighted by Crippen LogP contribution is -2.46. The van der Waals surface area contributed by atoms with Gasteiger partial charge < -0.3 is 15.0 Å². The lowest BCUT2D eigenvalue weighted by atomic mass is 9.97. The van der Waals surface area contributed by atoms with Crippen LogP contribution < -0.4 is 10.1 Å². The number of sulfone groups is 1. The van der Waals surface area contributed by atoms with Crippen LogP contribution in [0.2, 0.25) is 0 Å². The molecular formula is C24H30N2O5S. The maximum Gasteiger partial charge on any atom is 0.226 e. The van der Waals surface area contributed by atoms with Crippen molar-refractivity contribution in [3.05, 3.63) is 60.7 Å². The first-order chi connectivity index (χ1) is 15.5. The molecule has 1 saturated heterocycles. The van der Waals surface area contributed by atoms with Gasteiger partial charge in [-0.3, -0.25) is 9.59 Å². The molecule has 1 unspecified atom stereocenters. The van der Waals surface area contributed by atoms with E-state index >= 15 is 0 Å². The molecule has 8 heteroatoms. The number of benzene rings is 2. The van der Waals surface area contributed by atoms with Crippen LogP contribution in [0.1, 0.15) is 25.7 Å². The number of carbonyl (C=O) groups excluding carboxylic acids is 2. The first-order valence-corrected chi connectivity index (χ1v) is 12.6. The Morgan fingerprint density at radius 1 is 1.03 bits per heavy atom. The summed E-state index contributed by atoms with van der Waals surface area (Å²) >= 11 is 0. The van der Waals surface area contributed by atoms with E-state index in [9.17, 15) is 18.0 Å². The van der Waals surface area contributed by atoms with Crippen molar-refractivity contribution in [2.24, 2.45) is 5.92 Å². The molecule has 1 aliphatic heterocycles. The number of hydrogen-bond acceptors (Lipinski definition) is 5. The fourth-order valence-corrected chi connectivity index (χ4v) is 5.04. The average molecular weight is 459 g/mol. The molecule has 1 heterocycles. The van der Waals surface area contributed by atoms with Gasteiger partial charge in [0.05, 0.1) is 29.6 Å². The van der Waals surface area contributed by atoms with Gasteiger partial charge >= 0.3 is 0 Å². The minimum atomic E-state index is -3.35. The monoisotopic (exact) mass is 458 g/mol. The molecule has 1 aliphatic rings. The van der Waals surface area contributed by atoms with Crippen LogP contribution in [-0.4, -0.2) is 57.1 Å². The van der Waals surface area contributed by atoms with Gasteiger partial charge in [0.1, 0.15) is 5.75 Å². The largest absolute Gasteiger partial charge is 0.493 e. The van der Waals surface area contributed by atoms with Crippen LogP contribution in [0.5, 0.6) is 5.75 Å². The van der Waals surface area contributed by atoms with Crippen LogP contribution >= 0.6 is 0 Å². The fraction of sp³-hybridized carbons (Fsp3) is 0.417. The predicted octanol–water partition coefficient (Wildman–Crippen LogP) is 2.67. The van der Waals surface area contributed by atoms with Crippen molar-refractivity contribution in [2.45, 2.75) is 30.6 Å². The highest BCUT2D eigenvalue weighted by atomic mass is 32.2. The number of carbonyl (C=O) groups is 2. The smallest absolute Gasteiger partial charge is 0.226 e. The fourth-order valence-electron chi connectivity index (χ4n) is 3.71. The zero-order valence-electron chi connectivity index (χ0n) is 18.1. The Hall–Kier alpha value is -2.87. The third kappa shape index (κ3) is 7.09. The van der Waals surface area contributed by atoms with E-state index in [0.717, 1.165) is 18.6 Å². The molecule has 172 valence electrons. The first kappa shape index (κ1) is 23.8. The SMILES string of the molecule is O=C(NCCCS(=O)(=O)c1ccccc1)C1CCCN(C(=O)CCOc2ccccc2)C1. The Morgan fingerprint density at radius 2 is 1.72 bits per heavy atom. The number of hydrogen-bond donors (Lipinski definition) is 1. The number of amides is 2. The van der Waals surface area contributed by atoms with Crippen LogP contribution in [0.15, 0.2) is 65.6 Å². The summed E-state index contributed by atoms with van der Waals surface area (Å²) in [5.41, 5.74) is 0. The summed E-state index contributed by atoms with van der Waals surface area (Å²) in [4.78, 5) is 27.1. The van der Waals surface area contributed by atoms with Crippen molar-refractivity contribution >= 4 is 21.7 Å². The minimum Gasteiger partial charge on any atom is -0.493 e. The van der Waals surface area contributed by atoms with Gasteiger partial charge in [-0.2, -0.15) is 0 Å². The van der Waals surface area contributed by atoms with Crippen molar-refractivity contribution in [3.63, 3.8) is 0 Å². The summed E-state index contributed by atoms with van der Waals surface area (Å²) in [6, 6.07) is 17.7. The highest BCUT2D eigenvalue weighted by Gasteiger charge is 2.28. The van der Waals surface area contributed by atoms with E-state index in [1.807, 2.05) is 30.3 Å². The molecule has 0 aliphatic carbocycles. The molecule has 0 spiro atoms. The first-order valence-electron chi connectivity index (χ1n) is 11.0. The molecule has 32 heavy (non-hydrogen) atoms. The molecule has 2 aromatic carbocycles. The topological polar surface area (TPSA) is 92.8 Å². The molecule has 2 aromatic rings. The normalized spacial score (nSPS) is 16.4. The highest BCUT2D eigenvalue weighted by molar-refractivity contribution is 7.91. The maximum atomic E-state index is 12.5. The van der Waals surface area contributed by atoms with E-state index in [1.165, 1.54) is 0 Å². The highest BCUT2D eigenvalue weighted by Crippen LogP contribution is 2.18. The third-order valence-electron chi connectivity index (χ3n) is 5.46. The van der Waals surface area contributed by atoms with Crippen LogP contribution in [0.25, 0.3) is 0 Å². The zero-order valence-corrected chi connectivity index (χ0v) is 18.9. The van der Waals surface area contributed by atoms with Crippen LogP contribution in [0.3, 0.4) is 0 Å². The molecule has 0 saturated carbocycles. The second-order valence-corrected chi connectivity index (χ2v) is 9.98. The quantitative estimate of drug-likeness (QED) is 0.553. The van der Waals surface area contributed by atoms with Crippen molar-refractivity contribution in [3.8, 4) is 5.75 Å². The van der Waals surface area contributed by atoms with Gasteiger partial charge in [0.15, 0.2) is 9.84 Å². The van der Waals surface area contributed by atoms with Crippen LogP contribution in [0, 0.1) is 5.92 Å². The van der Waals surface area contributed by atoms with Crippen molar-refractivity contribution in [1.29, 1.82) is 0 Å². The Labute approximate surface area is 189 Å². The van der Waals surface area contributed by atoms with E-state index in [0.29, 0.717) is 37.6 Å². The maximum absolute atomic E-state index is 12.5. The molecule has 0 aromatic heterocycles. The minimum absolute atomic E-state index is 0.0199. The number of nitrogens with zero attached hydrogens (tertiary/aromatic N) is 1. The van der Waals surface area contributed by atoms with E-state index in [4.69, 9.17) is 4.74 Å². The number of rotatable bonds is 10. The molecular weight excluding hydrogens is 428 g/mol. The summed E-state index contributed by atoms with van der Waals surface area (Å²) in [6.07, 6.45) is 2.10.